The van der Waals surface area contributed by atoms with E-state index in [1.54, 1.807) is 12.1 Å². The van der Waals surface area contributed by atoms with Crippen molar-refractivity contribution in [2.75, 3.05) is 0 Å². The number of alkyl halides is 3. The third-order valence-corrected chi connectivity index (χ3v) is 3.79. The molecule has 0 aliphatic heterocycles. The maximum absolute atomic E-state index is 12.2. The van der Waals surface area contributed by atoms with Gasteiger partial charge in [0.05, 0.1) is 0 Å². The Bertz CT molecular complexity index is 379. The standard InChI is InChI=1S/C10H8BrF3OS/c11-9-7(4-2-6-15)3-1-5-8(9)16-10(12,13)14/h1,3,5-6H,2,4H2. The van der Waals surface area contributed by atoms with Gasteiger partial charge in [-0.15, -0.1) is 0 Å². The van der Waals surface area contributed by atoms with Gasteiger partial charge in [-0.25, -0.2) is 0 Å². The van der Waals surface area contributed by atoms with Crippen LogP contribution in [-0.4, -0.2) is 11.8 Å². The molecule has 0 fully saturated rings. The molecule has 1 nitrogen and oxygen atoms in total. The molecule has 0 spiro atoms. The molecule has 88 valence electrons. The molecule has 1 aromatic carbocycles. The third kappa shape index (κ3) is 4.17. The van der Waals surface area contributed by atoms with E-state index in [-0.39, 0.29) is 16.7 Å². The summed E-state index contributed by atoms with van der Waals surface area (Å²) in [7, 11) is 0. The van der Waals surface area contributed by atoms with Gasteiger partial charge >= 0.3 is 5.51 Å². The second kappa shape index (κ2) is 5.72. The van der Waals surface area contributed by atoms with Gasteiger partial charge < -0.3 is 4.79 Å². The van der Waals surface area contributed by atoms with Gasteiger partial charge in [0.15, 0.2) is 0 Å². The fourth-order valence-electron chi connectivity index (χ4n) is 1.17. The third-order valence-electron chi connectivity index (χ3n) is 1.80. The number of aldehydes is 1. The number of aryl methyl sites for hydroxylation is 1. The minimum absolute atomic E-state index is 0.121. The Morgan fingerprint density at radius 3 is 2.62 bits per heavy atom. The van der Waals surface area contributed by atoms with E-state index in [0.29, 0.717) is 22.9 Å². The summed E-state index contributed by atoms with van der Waals surface area (Å²) in [4.78, 5) is 10.3. The fraction of sp³-hybridized carbons (Fsp3) is 0.300. The lowest BCUT2D eigenvalue weighted by molar-refractivity contribution is -0.107. The van der Waals surface area contributed by atoms with Gasteiger partial charge in [-0.3, -0.25) is 0 Å². The number of carbonyl (C=O) groups excluding carboxylic acids is 1. The summed E-state index contributed by atoms with van der Waals surface area (Å²) in [5.41, 5.74) is -3.59. The monoisotopic (exact) mass is 312 g/mol. The highest BCUT2D eigenvalue weighted by Gasteiger charge is 2.30. The number of hydrogen-bond donors (Lipinski definition) is 0. The molecule has 0 aliphatic carbocycles. The first-order valence-electron chi connectivity index (χ1n) is 4.41. The van der Waals surface area contributed by atoms with Crippen molar-refractivity contribution in [2.24, 2.45) is 0 Å². The van der Waals surface area contributed by atoms with E-state index in [1.165, 1.54) is 6.07 Å². The summed E-state index contributed by atoms with van der Waals surface area (Å²) in [5, 5.41) is 0. The van der Waals surface area contributed by atoms with Crippen LogP contribution < -0.4 is 0 Å². The Balaban J connectivity index is 2.90. The zero-order chi connectivity index (χ0) is 12.2. The summed E-state index contributed by atoms with van der Waals surface area (Å²) >= 11 is 2.97. The van der Waals surface area contributed by atoms with Crippen LogP contribution in [0.15, 0.2) is 27.6 Å². The Labute approximate surface area is 104 Å². The molecule has 1 aromatic rings. The lowest BCUT2D eigenvalue weighted by atomic mass is 10.1. The molecule has 0 unspecified atom stereocenters. The van der Waals surface area contributed by atoms with Gasteiger partial charge in [0.1, 0.15) is 6.29 Å². The van der Waals surface area contributed by atoms with Gasteiger partial charge in [-0.1, -0.05) is 12.1 Å². The van der Waals surface area contributed by atoms with E-state index in [1.807, 2.05) is 0 Å². The van der Waals surface area contributed by atoms with Crippen LogP contribution in [0.25, 0.3) is 0 Å². The topological polar surface area (TPSA) is 17.1 Å². The molecule has 1 rings (SSSR count). The molecule has 0 radical (unpaired) electrons. The molecular weight excluding hydrogens is 305 g/mol. The molecule has 0 bridgehead atoms. The lowest BCUT2D eigenvalue weighted by Crippen LogP contribution is -2.00. The first kappa shape index (κ1) is 13.6. The largest absolute Gasteiger partial charge is 0.446 e. The summed E-state index contributed by atoms with van der Waals surface area (Å²) in [6.07, 6.45) is 1.49. The average Bonchev–Trinajstić information content (AvgIpc) is 2.17. The first-order valence-corrected chi connectivity index (χ1v) is 6.02. The maximum atomic E-state index is 12.2. The van der Waals surface area contributed by atoms with E-state index >= 15 is 0 Å². The van der Waals surface area contributed by atoms with Crippen LogP contribution in [0.4, 0.5) is 13.2 Å². The van der Waals surface area contributed by atoms with Gasteiger partial charge in [0.2, 0.25) is 0 Å². The number of hydrogen-bond acceptors (Lipinski definition) is 2. The molecule has 0 aliphatic rings. The average molecular weight is 313 g/mol. The molecule has 0 aromatic heterocycles. The second-order valence-corrected chi connectivity index (χ2v) is 4.88. The Kier molecular flexibility index (Phi) is 4.86. The first-order chi connectivity index (χ1) is 7.44. The number of thioether (sulfide) groups is 1. The molecule has 6 heteroatoms. The quantitative estimate of drug-likeness (QED) is 0.612. The summed E-state index contributed by atoms with van der Waals surface area (Å²) in [6, 6.07) is 4.65. The highest BCUT2D eigenvalue weighted by molar-refractivity contribution is 9.10. The SMILES string of the molecule is O=CCCc1cccc(SC(F)(F)F)c1Br. The van der Waals surface area contributed by atoms with Crippen LogP contribution in [-0.2, 0) is 11.2 Å². The van der Waals surface area contributed by atoms with E-state index < -0.39 is 5.51 Å². The molecule has 0 saturated heterocycles. The molecule has 0 N–H and O–H groups in total. The van der Waals surface area contributed by atoms with Crippen molar-refractivity contribution < 1.29 is 18.0 Å². The number of rotatable bonds is 4. The minimum Gasteiger partial charge on any atom is -0.303 e. The van der Waals surface area contributed by atoms with Crippen LogP contribution in [0.1, 0.15) is 12.0 Å². The summed E-state index contributed by atoms with van der Waals surface area (Å²) in [5.74, 6) is 0. The van der Waals surface area contributed by atoms with Crippen molar-refractivity contribution in [1.82, 2.24) is 0 Å². The number of benzene rings is 1. The normalized spacial score (nSPS) is 11.5. The Morgan fingerprint density at radius 1 is 1.38 bits per heavy atom. The minimum atomic E-state index is -4.30. The molecule has 0 saturated carbocycles. The zero-order valence-corrected chi connectivity index (χ0v) is 10.5. The van der Waals surface area contributed by atoms with Gasteiger partial charge in [0.25, 0.3) is 0 Å². The summed E-state index contributed by atoms with van der Waals surface area (Å²) < 4.78 is 37.0. The van der Waals surface area contributed by atoms with Crippen molar-refractivity contribution in [3.63, 3.8) is 0 Å². The van der Waals surface area contributed by atoms with Crippen molar-refractivity contribution in [3.8, 4) is 0 Å². The Morgan fingerprint density at radius 2 is 2.06 bits per heavy atom. The number of halogens is 4. The lowest BCUT2D eigenvalue weighted by Gasteiger charge is -2.10. The van der Waals surface area contributed by atoms with E-state index in [4.69, 9.17) is 0 Å². The fourth-order valence-corrected chi connectivity index (χ4v) is 2.49. The second-order valence-electron chi connectivity index (χ2n) is 2.98. The van der Waals surface area contributed by atoms with Gasteiger partial charge in [-0.2, -0.15) is 13.2 Å². The smallest absolute Gasteiger partial charge is 0.303 e. The van der Waals surface area contributed by atoms with Crippen molar-refractivity contribution in [2.45, 2.75) is 23.2 Å². The molecule has 16 heavy (non-hydrogen) atoms. The number of carbonyl (C=O) groups is 1. The maximum Gasteiger partial charge on any atom is 0.446 e. The van der Waals surface area contributed by atoms with Gasteiger partial charge in [-0.05, 0) is 45.7 Å². The van der Waals surface area contributed by atoms with Crippen LogP contribution in [0.3, 0.4) is 0 Å². The van der Waals surface area contributed by atoms with E-state index in [9.17, 15) is 18.0 Å². The zero-order valence-electron chi connectivity index (χ0n) is 8.05. The predicted octanol–water partition coefficient (Wildman–Crippen LogP) is 4.19. The highest BCUT2D eigenvalue weighted by Crippen LogP contribution is 2.41. The van der Waals surface area contributed by atoms with E-state index in [2.05, 4.69) is 15.9 Å². The van der Waals surface area contributed by atoms with Crippen LogP contribution in [0, 0.1) is 0 Å². The molecule has 0 amide bonds. The van der Waals surface area contributed by atoms with Crippen molar-refractivity contribution in [3.05, 3.63) is 28.2 Å². The van der Waals surface area contributed by atoms with Crippen molar-refractivity contribution >= 4 is 34.0 Å². The van der Waals surface area contributed by atoms with Crippen molar-refractivity contribution in [1.29, 1.82) is 0 Å². The highest BCUT2D eigenvalue weighted by atomic mass is 79.9. The van der Waals surface area contributed by atoms with Crippen LogP contribution in [0.5, 0.6) is 0 Å². The van der Waals surface area contributed by atoms with Gasteiger partial charge in [0, 0.05) is 15.8 Å². The van der Waals surface area contributed by atoms with Crippen LogP contribution in [0.2, 0.25) is 0 Å². The van der Waals surface area contributed by atoms with E-state index in [0.717, 1.165) is 6.29 Å². The summed E-state index contributed by atoms with van der Waals surface area (Å²) in [6.45, 7) is 0. The Hall–Kier alpha value is -0.490. The predicted molar refractivity (Wildman–Crippen MR) is 60.4 cm³/mol. The molecular formula is C10H8BrF3OS. The molecule has 0 heterocycles. The van der Waals surface area contributed by atoms with Crippen LogP contribution >= 0.6 is 27.7 Å². The molecule has 0 atom stereocenters.